The van der Waals surface area contributed by atoms with E-state index < -0.39 is 0 Å². The molecule has 0 saturated heterocycles. The highest BCUT2D eigenvalue weighted by molar-refractivity contribution is 5.85. The molecule has 1 unspecified atom stereocenters. The number of hydrogen-bond donors (Lipinski definition) is 0. The Morgan fingerprint density at radius 3 is 1.97 bits per heavy atom. The highest BCUT2D eigenvalue weighted by Gasteiger charge is 2.43. The van der Waals surface area contributed by atoms with E-state index in [4.69, 9.17) is 19.7 Å². The Balaban J connectivity index is 1.06. The molecule has 0 bridgehead atoms. The smallest absolute Gasteiger partial charge is 0.167 e. The van der Waals surface area contributed by atoms with Crippen LogP contribution in [0.3, 0.4) is 0 Å². The lowest BCUT2D eigenvalue weighted by atomic mass is 9.65. The van der Waals surface area contributed by atoms with Crippen LogP contribution in [0, 0.1) is 17.2 Å². The van der Waals surface area contributed by atoms with Crippen molar-refractivity contribution in [3.05, 3.63) is 181 Å². The number of fused-ring (bicyclic) bond motifs is 2. The van der Waals surface area contributed by atoms with Gasteiger partial charge in [0.1, 0.15) is 11.5 Å². The molecule has 0 N–H and O–H groups in total. The van der Waals surface area contributed by atoms with E-state index in [1.54, 1.807) is 0 Å². The first kappa shape index (κ1) is 36.7. The molecule has 5 heteroatoms. The van der Waals surface area contributed by atoms with Crippen LogP contribution in [-0.2, 0) is 5.41 Å². The molecular weight excluding hydrogens is 709 g/mol. The summed E-state index contributed by atoms with van der Waals surface area (Å²) in [6.07, 6.45) is 13.3. The number of allylic oxidation sites excluding steroid dienone is 3. The van der Waals surface area contributed by atoms with Crippen molar-refractivity contribution in [1.29, 1.82) is 5.26 Å². The van der Waals surface area contributed by atoms with Crippen LogP contribution in [0.15, 0.2) is 169 Å². The largest absolute Gasteiger partial charge is 0.457 e. The van der Waals surface area contributed by atoms with E-state index in [9.17, 15) is 5.26 Å². The van der Waals surface area contributed by atoms with Crippen LogP contribution in [0.2, 0.25) is 0 Å². The predicted octanol–water partition coefficient (Wildman–Crippen LogP) is 13.7. The number of nitrogens with zero attached hydrogens (tertiary/aromatic N) is 4. The Morgan fingerprint density at radius 1 is 0.621 bits per heavy atom. The molecule has 0 aliphatic heterocycles. The molecule has 58 heavy (non-hydrogen) atoms. The molecule has 1 aromatic heterocycles. The van der Waals surface area contributed by atoms with E-state index in [1.807, 2.05) is 97.9 Å². The zero-order valence-electron chi connectivity index (χ0n) is 32.7. The van der Waals surface area contributed by atoms with Crippen LogP contribution in [0.1, 0.15) is 56.6 Å². The number of rotatable bonds is 10. The molecule has 0 amide bonds. The van der Waals surface area contributed by atoms with E-state index >= 15 is 0 Å². The molecule has 1 fully saturated rings. The van der Waals surface area contributed by atoms with Crippen molar-refractivity contribution >= 4 is 6.08 Å². The van der Waals surface area contributed by atoms with Crippen molar-refractivity contribution in [2.45, 2.75) is 50.9 Å². The Bertz CT molecular complexity index is 2670. The molecule has 2 aliphatic carbocycles. The van der Waals surface area contributed by atoms with Gasteiger partial charge in [-0.3, -0.25) is 0 Å². The summed E-state index contributed by atoms with van der Waals surface area (Å²) in [6.45, 7) is 2.01. The Hall–Kier alpha value is -6.90. The maximum absolute atomic E-state index is 10.0. The van der Waals surface area contributed by atoms with Crippen LogP contribution in [0.5, 0.6) is 11.5 Å². The fraction of sp³-hybridized carbons (Fsp3) is 0.170. The zero-order chi connectivity index (χ0) is 39.3. The number of benzene rings is 6. The summed E-state index contributed by atoms with van der Waals surface area (Å²) in [5, 5.41) is 10.0. The molecule has 1 spiro atoms. The second kappa shape index (κ2) is 16.3. The SMILES string of the molecule is C/C=C\C(C#N)CC1=Cc2c(-c3cccc(-c4ccc(-c5nc(-c6ccccc6)nc(-c6ccccc6Oc6ccccc6)n5)cc4)c3)cccc2C12CCCCC2. The van der Waals surface area contributed by atoms with Crippen molar-refractivity contribution < 1.29 is 4.74 Å². The summed E-state index contributed by atoms with van der Waals surface area (Å²) < 4.78 is 6.33. The second-order valence-electron chi connectivity index (χ2n) is 15.3. The zero-order valence-corrected chi connectivity index (χ0v) is 32.7. The van der Waals surface area contributed by atoms with Crippen LogP contribution >= 0.6 is 0 Å². The molecule has 7 aromatic rings. The third kappa shape index (κ3) is 7.26. The lowest BCUT2D eigenvalue weighted by Gasteiger charge is -2.38. The minimum absolute atomic E-state index is 0.0278. The van der Waals surface area contributed by atoms with Gasteiger partial charge in [-0.15, -0.1) is 0 Å². The molecule has 0 radical (unpaired) electrons. The van der Waals surface area contributed by atoms with Gasteiger partial charge in [-0.1, -0.05) is 164 Å². The van der Waals surface area contributed by atoms with E-state index in [-0.39, 0.29) is 11.3 Å². The van der Waals surface area contributed by atoms with E-state index in [2.05, 4.69) is 85.0 Å². The summed E-state index contributed by atoms with van der Waals surface area (Å²) in [7, 11) is 0. The third-order valence-corrected chi connectivity index (χ3v) is 11.7. The fourth-order valence-electron chi connectivity index (χ4n) is 8.88. The fourth-order valence-corrected chi connectivity index (χ4v) is 8.88. The van der Waals surface area contributed by atoms with Crippen molar-refractivity contribution in [2.75, 3.05) is 0 Å². The summed E-state index contributed by atoms with van der Waals surface area (Å²) in [5.74, 6) is 3.03. The van der Waals surface area contributed by atoms with Gasteiger partial charge < -0.3 is 4.74 Å². The average molecular weight is 753 g/mol. The Kier molecular flexibility index (Phi) is 10.3. The quantitative estimate of drug-likeness (QED) is 0.130. The van der Waals surface area contributed by atoms with Gasteiger partial charge in [0.05, 0.1) is 17.6 Å². The molecule has 1 saturated carbocycles. The highest BCUT2D eigenvalue weighted by Crippen LogP contribution is 2.54. The molecule has 9 rings (SSSR count). The van der Waals surface area contributed by atoms with Gasteiger partial charge in [0.25, 0.3) is 0 Å². The molecule has 2 aliphatic rings. The van der Waals surface area contributed by atoms with E-state index in [1.165, 1.54) is 47.1 Å². The first-order valence-electron chi connectivity index (χ1n) is 20.3. The first-order chi connectivity index (χ1) is 28.6. The standard InChI is InChI=1S/C53H44N4O/c1-2-16-37(36-54)33-43-35-47-45(24-15-25-48(47)53(43)31-12-5-13-32-53)42-20-14-19-41(34-42)38-27-29-40(30-28-38)51-55-50(39-17-6-3-7-18-39)56-52(57-51)46-23-10-11-26-49(46)58-44-21-8-4-9-22-44/h2-4,6-11,14-30,34-35,37H,5,12-13,31-33H2,1H3/b16-2-. The van der Waals surface area contributed by atoms with Gasteiger partial charge in [0, 0.05) is 16.5 Å². The summed E-state index contributed by atoms with van der Waals surface area (Å²) >= 11 is 0. The lowest BCUT2D eigenvalue weighted by molar-refractivity contribution is 0.336. The highest BCUT2D eigenvalue weighted by atomic mass is 16.5. The van der Waals surface area contributed by atoms with Gasteiger partial charge in [0.2, 0.25) is 0 Å². The lowest BCUT2D eigenvalue weighted by Crippen LogP contribution is -2.30. The van der Waals surface area contributed by atoms with Crippen LogP contribution in [0.4, 0.5) is 0 Å². The van der Waals surface area contributed by atoms with Gasteiger partial charge in [-0.05, 0) is 89.9 Å². The third-order valence-electron chi connectivity index (χ3n) is 11.7. The van der Waals surface area contributed by atoms with Gasteiger partial charge in [-0.25, -0.2) is 15.0 Å². The number of hydrogen-bond acceptors (Lipinski definition) is 5. The molecule has 6 aromatic carbocycles. The maximum Gasteiger partial charge on any atom is 0.167 e. The topological polar surface area (TPSA) is 71.7 Å². The van der Waals surface area contributed by atoms with Crippen molar-refractivity contribution in [3.63, 3.8) is 0 Å². The van der Waals surface area contributed by atoms with Crippen LogP contribution in [0.25, 0.3) is 62.5 Å². The maximum atomic E-state index is 10.0. The minimum atomic E-state index is -0.113. The van der Waals surface area contributed by atoms with Gasteiger partial charge in [0.15, 0.2) is 17.5 Å². The number of para-hydroxylation sites is 2. The Morgan fingerprint density at radius 2 is 1.22 bits per heavy atom. The summed E-state index contributed by atoms with van der Waals surface area (Å²) in [4.78, 5) is 15.0. The molecule has 1 atom stereocenters. The van der Waals surface area contributed by atoms with Gasteiger partial charge >= 0.3 is 0 Å². The predicted molar refractivity (Wildman–Crippen MR) is 235 cm³/mol. The molecule has 282 valence electrons. The average Bonchev–Trinajstić information content (AvgIpc) is 3.58. The van der Waals surface area contributed by atoms with Crippen molar-refractivity contribution in [1.82, 2.24) is 15.0 Å². The summed E-state index contributed by atoms with van der Waals surface area (Å²) in [6, 6.07) is 54.4. The van der Waals surface area contributed by atoms with Crippen molar-refractivity contribution in [3.8, 4) is 74.0 Å². The van der Waals surface area contributed by atoms with Crippen molar-refractivity contribution in [2.24, 2.45) is 5.92 Å². The minimum Gasteiger partial charge on any atom is -0.457 e. The number of nitriles is 1. The number of aromatic nitrogens is 3. The molecule has 5 nitrogen and oxygen atoms in total. The number of ether oxygens (including phenoxy) is 1. The monoisotopic (exact) mass is 752 g/mol. The molecular formula is C53H44N4O. The Labute approximate surface area is 341 Å². The second-order valence-corrected chi connectivity index (χ2v) is 15.3. The molecule has 1 heterocycles. The normalized spacial score (nSPS) is 14.8. The van der Waals surface area contributed by atoms with Crippen LogP contribution < -0.4 is 4.74 Å². The first-order valence-corrected chi connectivity index (χ1v) is 20.3. The summed E-state index contributed by atoms with van der Waals surface area (Å²) in [5.41, 5.74) is 11.5. The van der Waals surface area contributed by atoms with E-state index in [0.717, 1.165) is 52.8 Å². The van der Waals surface area contributed by atoms with Crippen LogP contribution in [-0.4, -0.2) is 15.0 Å². The van der Waals surface area contributed by atoms with Gasteiger partial charge in [-0.2, -0.15) is 5.26 Å². The van der Waals surface area contributed by atoms with E-state index in [0.29, 0.717) is 23.2 Å².